The molecule has 2 rings (SSSR count). The zero-order chi connectivity index (χ0) is 12.4. The molecule has 1 fully saturated rings. The number of carbonyl (C=O) groups is 1. The van der Waals surface area contributed by atoms with Gasteiger partial charge >= 0.3 is 5.97 Å². The lowest BCUT2D eigenvalue weighted by molar-refractivity contribution is 0.0657. The molecule has 0 aromatic carbocycles. The van der Waals surface area contributed by atoms with Gasteiger partial charge < -0.3 is 14.3 Å². The molecule has 1 aliphatic rings. The lowest BCUT2D eigenvalue weighted by Gasteiger charge is -2.00. The van der Waals surface area contributed by atoms with Crippen molar-refractivity contribution in [2.45, 2.75) is 32.6 Å². The third kappa shape index (κ3) is 2.66. The quantitative estimate of drug-likeness (QED) is 0.870. The summed E-state index contributed by atoms with van der Waals surface area (Å²) in [6.07, 6.45) is 1.47. The van der Waals surface area contributed by atoms with E-state index in [-0.39, 0.29) is 11.7 Å². The Bertz CT molecular complexity index is 405. The Morgan fingerprint density at radius 2 is 2.35 bits per heavy atom. The summed E-state index contributed by atoms with van der Waals surface area (Å²) in [6.45, 7) is 5.31. The minimum absolute atomic E-state index is 0.0133. The molecule has 0 aliphatic carbocycles. The van der Waals surface area contributed by atoms with E-state index >= 15 is 0 Å². The van der Waals surface area contributed by atoms with E-state index in [4.69, 9.17) is 14.3 Å². The predicted molar refractivity (Wildman–Crippen MR) is 60.2 cm³/mol. The van der Waals surface area contributed by atoms with Gasteiger partial charge in [-0.3, -0.25) is 0 Å². The highest BCUT2D eigenvalue weighted by Crippen LogP contribution is 2.27. The van der Waals surface area contributed by atoms with Crippen molar-refractivity contribution < 1.29 is 19.1 Å². The largest absolute Gasteiger partial charge is 0.475 e. The van der Waals surface area contributed by atoms with Crippen LogP contribution in [0, 0.1) is 5.92 Å². The Kier molecular flexibility index (Phi) is 3.47. The minimum atomic E-state index is -1.04. The Morgan fingerprint density at radius 1 is 1.59 bits per heavy atom. The monoisotopic (exact) mass is 239 g/mol. The smallest absolute Gasteiger partial charge is 0.373 e. The van der Waals surface area contributed by atoms with Crippen LogP contribution in [0.3, 0.4) is 0 Å². The maximum Gasteiger partial charge on any atom is 0.373 e. The van der Waals surface area contributed by atoms with Gasteiger partial charge in [-0.1, -0.05) is 13.8 Å². The van der Waals surface area contributed by atoms with Gasteiger partial charge in [-0.05, 0) is 18.8 Å². The minimum Gasteiger partial charge on any atom is -0.475 e. The van der Waals surface area contributed by atoms with Gasteiger partial charge in [0.15, 0.2) is 0 Å². The molecule has 2 heterocycles. The van der Waals surface area contributed by atoms with Crippen molar-refractivity contribution in [2.24, 2.45) is 5.92 Å². The molecule has 1 atom stereocenters. The van der Waals surface area contributed by atoms with E-state index in [0.717, 1.165) is 6.42 Å². The van der Waals surface area contributed by atoms with Gasteiger partial charge in [0.25, 0.3) is 0 Å². The first-order valence-electron chi connectivity index (χ1n) is 5.88. The van der Waals surface area contributed by atoms with Gasteiger partial charge in [-0.25, -0.2) is 9.78 Å². The summed E-state index contributed by atoms with van der Waals surface area (Å²) in [7, 11) is 0. The summed E-state index contributed by atoms with van der Waals surface area (Å²) in [6, 6.07) is 0. The molecule has 1 aromatic heterocycles. The van der Waals surface area contributed by atoms with Crippen LogP contribution in [0.1, 0.15) is 48.3 Å². The number of hydrogen-bond donors (Lipinski definition) is 1. The fourth-order valence-corrected chi connectivity index (χ4v) is 1.97. The molecule has 17 heavy (non-hydrogen) atoms. The number of aromatic nitrogens is 1. The second-order valence-corrected chi connectivity index (χ2v) is 4.79. The highest BCUT2D eigenvalue weighted by atomic mass is 16.5. The van der Waals surface area contributed by atoms with Gasteiger partial charge in [0.05, 0.1) is 18.2 Å². The first-order valence-corrected chi connectivity index (χ1v) is 5.88. The van der Waals surface area contributed by atoms with Crippen molar-refractivity contribution in [1.29, 1.82) is 0 Å². The zero-order valence-corrected chi connectivity index (χ0v) is 10.1. The van der Waals surface area contributed by atoms with Crippen LogP contribution in [-0.2, 0) is 11.2 Å². The molecular weight excluding hydrogens is 222 g/mol. The SMILES string of the molecule is CC(C)Cc1nc(C2CCOC2)oc1C(=O)O. The third-order valence-electron chi connectivity index (χ3n) is 2.79. The van der Waals surface area contributed by atoms with Crippen molar-refractivity contribution in [3.63, 3.8) is 0 Å². The highest BCUT2D eigenvalue weighted by Gasteiger charge is 2.27. The number of carboxylic acid groups (broad SMARTS) is 1. The number of hydrogen-bond acceptors (Lipinski definition) is 4. The summed E-state index contributed by atoms with van der Waals surface area (Å²) in [5, 5.41) is 9.07. The maximum atomic E-state index is 11.1. The van der Waals surface area contributed by atoms with Crippen molar-refractivity contribution >= 4 is 5.97 Å². The normalized spacial score (nSPS) is 20.1. The lowest BCUT2D eigenvalue weighted by Crippen LogP contribution is -2.03. The number of aromatic carboxylic acids is 1. The summed E-state index contributed by atoms with van der Waals surface area (Å²) >= 11 is 0. The van der Waals surface area contributed by atoms with Crippen LogP contribution in [0.2, 0.25) is 0 Å². The van der Waals surface area contributed by atoms with Crippen LogP contribution >= 0.6 is 0 Å². The molecule has 0 saturated carbocycles. The van der Waals surface area contributed by atoms with E-state index in [1.165, 1.54) is 0 Å². The standard InChI is InChI=1S/C12H17NO4/c1-7(2)5-9-10(12(14)15)17-11(13-9)8-3-4-16-6-8/h7-8H,3-6H2,1-2H3,(H,14,15). The van der Waals surface area contributed by atoms with Crippen LogP contribution < -0.4 is 0 Å². The molecule has 0 radical (unpaired) electrons. The molecule has 1 unspecified atom stereocenters. The summed E-state index contributed by atoms with van der Waals surface area (Å²) in [5.74, 6) is -0.0886. The summed E-state index contributed by atoms with van der Waals surface area (Å²) in [5.41, 5.74) is 0.550. The Hall–Kier alpha value is -1.36. The predicted octanol–water partition coefficient (Wildman–Crippen LogP) is 2.08. The van der Waals surface area contributed by atoms with E-state index in [0.29, 0.717) is 37.1 Å². The third-order valence-corrected chi connectivity index (χ3v) is 2.79. The average Bonchev–Trinajstić information content (AvgIpc) is 2.82. The number of ether oxygens (including phenoxy) is 1. The first-order chi connectivity index (χ1) is 8.08. The van der Waals surface area contributed by atoms with E-state index in [9.17, 15) is 4.79 Å². The molecule has 1 aromatic rings. The topological polar surface area (TPSA) is 72.6 Å². The molecule has 1 aliphatic heterocycles. The van der Waals surface area contributed by atoms with E-state index in [1.54, 1.807) is 0 Å². The molecule has 5 heteroatoms. The second-order valence-electron chi connectivity index (χ2n) is 4.79. The first kappa shape index (κ1) is 12.1. The zero-order valence-electron chi connectivity index (χ0n) is 10.1. The van der Waals surface area contributed by atoms with Gasteiger partial charge in [-0.15, -0.1) is 0 Å². The van der Waals surface area contributed by atoms with Crippen molar-refractivity contribution in [1.82, 2.24) is 4.98 Å². The van der Waals surface area contributed by atoms with Crippen molar-refractivity contribution in [2.75, 3.05) is 13.2 Å². The van der Waals surface area contributed by atoms with Gasteiger partial charge in [0, 0.05) is 6.61 Å². The molecule has 1 saturated heterocycles. The summed E-state index contributed by atoms with van der Waals surface area (Å²) < 4.78 is 10.6. The lowest BCUT2D eigenvalue weighted by atomic mass is 10.1. The van der Waals surface area contributed by atoms with Crippen molar-refractivity contribution in [3.8, 4) is 0 Å². The van der Waals surface area contributed by atoms with Gasteiger partial charge in [0.1, 0.15) is 0 Å². The van der Waals surface area contributed by atoms with Gasteiger partial charge in [0.2, 0.25) is 11.7 Å². The second kappa shape index (κ2) is 4.87. The molecule has 0 bridgehead atoms. The molecule has 94 valence electrons. The molecule has 1 N–H and O–H groups in total. The van der Waals surface area contributed by atoms with E-state index in [1.807, 2.05) is 13.8 Å². The van der Waals surface area contributed by atoms with Crippen LogP contribution in [0.5, 0.6) is 0 Å². The molecular formula is C12H17NO4. The highest BCUT2D eigenvalue weighted by molar-refractivity contribution is 5.85. The van der Waals surface area contributed by atoms with E-state index in [2.05, 4.69) is 4.98 Å². The maximum absolute atomic E-state index is 11.1. The number of nitrogens with zero attached hydrogens (tertiary/aromatic N) is 1. The summed E-state index contributed by atoms with van der Waals surface area (Å²) in [4.78, 5) is 15.4. The number of carboxylic acids is 1. The van der Waals surface area contributed by atoms with E-state index < -0.39 is 5.97 Å². The van der Waals surface area contributed by atoms with Crippen LogP contribution in [-0.4, -0.2) is 29.3 Å². The Balaban J connectivity index is 2.26. The fraction of sp³-hybridized carbons (Fsp3) is 0.667. The molecule has 5 nitrogen and oxygen atoms in total. The average molecular weight is 239 g/mol. The number of oxazole rings is 1. The molecule has 0 amide bonds. The van der Waals surface area contributed by atoms with Crippen LogP contribution in [0.15, 0.2) is 4.42 Å². The Labute approximate surface area is 99.8 Å². The molecule has 0 spiro atoms. The fourth-order valence-electron chi connectivity index (χ4n) is 1.97. The van der Waals surface area contributed by atoms with Gasteiger partial charge in [-0.2, -0.15) is 0 Å². The van der Waals surface area contributed by atoms with Crippen molar-refractivity contribution in [3.05, 3.63) is 17.3 Å². The number of rotatable bonds is 4. The van der Waals surface area contributed by atoms with Crippen LogP contribution in [0.25, 0.3) is 0 Å². The van der Waals surface area contributed by atoms with Crippen LogP contribution in [0.4, 0.5) is 0 Å². The Morgan fingerprint density at radius 3 is 2.88 bits per heavy atom.